The third-order valence-corrected chi connectivity index (χ3v) is 6.70. The Morgan fingerprint density at radius 1 is 1.32 bits per heavy atom. The SMILES string of the molecule is CNS(=O)(=O)c1ccc(OC2CCS(=O)(=O)CC2)c(CO)c1. The minimum Gasteiger partial charge on any atom is -0.490 e. The number of hydrogen-bond donors (Lipinski definition) is 2. The normalized spacial score (nSPS) is 19.0. The first-order valence-electron chi connectivity index (χ1n) is 6.82. The van der Waals surface area contributed by atoms with Crippen molar-refractivity contribution in [3.63, 3.8) is 0 Å². The zero-order chi connectivity index (χ0) is 16.4. The molecule has 0 aliphatic carbocycles. The molecule has 0 amide bonds. The van der Waals surface area contributed by atoms with Gasteiger partial charge in [-0.25, -0.2) is 21.6 Å². The van der Waals surface area contributed by atoms with Crippen molar-refractivity contribution >= 4 is 19.9 Å². The van der Waals surface area contributed by atoms with Crippen LogP contribution in [0.3, 0.4) is 0 Å². The molecule has 0 unspecified atom stereocenters. The van der Waals surface area contributed by atoms with Gasteiger partial charge in [-0.05, 0) is 38.1 Å². The first-order chi connectivity index (χ1) is 10.3. The fraction of sp³-hybridized carbons (Fsp3) is 0.538. The number of aliphatic hydroxyl groups excluding tert-OH is 1. The third-order valence-electron chi connectivity index (χ3n) is 3.58. The van der Waals surface area contributed by atoms with Crippen LogP contribution in [-0.2, 0) is 26.5 Å². The molecule has 0 saturated carbocycles. The maximum Gasteiger partial charge on any atom is 0.240 e. The van der Waals surface area contributed by atoms with Gasteiger partial charge in [0.25, 0.3) is 0 Å². The van der Waals surface area contributed by atoms with Crippen molar-refractivity contribution in [2.24, 2.45) is 0 Å². The Kier molecular flexibility index (Phi) is 5.10. The van der Waals surface area contributed by atoms with Crippen LogP contribution in [0.2, 0.25) is 0 Å². The topological polar surface area (TPSA) is 110 Å². The highest BCUT2D eigenvalue weighted by Gasteiger charge is 2.25. The van der Waals surface area contributed by atoms with Crippen LogP contribution in [0, 0.1) is 0 Å². The Balaban J connectivity index is 2.18. The molecule has 1 aliphatic heterocycles. The summed E-state index contributed by atoms with van der Waals surface area (Å²) in [6.07, 6.45) is 0.536. The number of rotatable bonds is 5. The average molecular weight is 349 g/mol. The van der Waals surface area contributed by atoms with Crippen LogP contribution >= 0.6 is 0 Å². The largest absolute Gasteiger partial charge is 0.490 e. The maximum atomic E-state index is 11.7. The Hall–Kier alpha value is -1.16. The van der Waals surface area contributed by atoms with Gasteiger partial charge in [0.05, 0.1) is 23.0 Å². The Labute approximate surface area is 130 Å². The Bertz CT molecular complexity index is 728. The second-order valence-electron chi connectivity index (χ2n) is 5.10. The third kappa shape index (κ3) is 3.97. The monoisotopic (exact) mass is 349 g/mol. The summed E-state index contributed by atoms with van der Waals surface area (Å²) in [5.41, 5.74) is 0.352. The average Bonchev–Trinajstić information content (AvgIpc) is 2.49. The van der Waals surface area contributed by atoms with E-state index in [0.717, 1.165) is 0 Å². The van der Waals surface area contributed by atoms with Gasteiger partial charge in [0.1, 0.15) is 11.9 Å². The summed E-state index contributed by atoms with van der Waals surface area (Å²) >= 11 is 0. The van der Waals surface area contributed by atoms with E-state index in [4.69, 9.17) is 4.74 Å². The molecule has 1 aromatic carbocycles. The number of nitrogens with one attached hydrogen (secondary N) is 1. The molecule has 1 heterocycles. The van der Waals surface area contributed by atoms with Gasteiger partial charge in [-0.1, -0.05) is 0 Å². The molecular weight excluding hydrogens is 330 g/mol. The van der Waals surface area contributed by atoms with Crippen LogP contribution in [0.4, 0.5) is 0 Å². The molecular formula is C13H19NO6S2. The first-order valence-corrected chi connectivity index (χ1v) is 10.1. The van der Waals surface area contributed by atoms with Crippen LogP contribution in [0.1, 0.15) is 18.4 Å². The van der Waals surface area contributed by atoms with Gasteiger partial charge in [0.2, 0.25) is 10.0 Å². The van der Waals surface area contributed by atoms with Crippen molar-refractivity contribution in [2.75, 3.05) is 18.6 Å². The van der Waals surface area contributed by atoms with Crippen molar-refractivity contribution < 1.29 is 26.7 Å². The van der Waals surface area contributed by atoms with Gasteiger partial charge >= 0.3 is 0 Å². The van der Waals surface area contributed by atoms with Gasteiger partial charge in [-0.2, -0.15) is 0 Å². The molecule has 0 bridgehead atoms. The van der Waals surface area contributed by atoms with E-state index in [0.29, 0.717) is 24.2 Å². The molecule has 1 saturated heterocycles. The van der Waals surface area contributed by atoms with E-state index in [1.54, 1.807) is 0 Å². The van der Waals surface area contributed by atoms with Gasteiger partial charge in [0, 0.05) is 5.56 Å². The lowest BCUT2D eigenvalue weighted by atomic mass is 10.2. The number of hydrogen-bond acceptors (Lipinski definition) is 6. The summed E-state index contributed by atoms with van der Waals surface area (Å²) in [6.45, 7) is -0.368. The lowest BCUT2D eigenvalue weighted by molar-refractivity contribution is 0.181. The van der Waals surface area contributed by atoms with Crippen LogP contribution in [0.25, 0.3) is 0 Å². The van der Waals surface area contributed by atoms with Crippen molar-refractivity contribution in [1.82, 2.24) is 4.72 Å². The molecule has 0 radical (unpaired) electrons. The summed E-state index contributed by atoms with van der Waals surface area (Å²) in [5.74, 6) is 0.540. The summed E-state index contributed by atoms with van der Waals surface area (Å²) in [5, 5.41) is 9.40. The molecule has 1 aromatic rings. The summed E-state index contributed by atoms with van der Waals surface area (Å²) in [7, 11) is -5.26. The van der Waals surface area contributed by atoms with Gasteiger partial charge in [-0.3, -0.25) is 0 Å². The lowest BCUT2D eigenvalue weighted by Crippen LogP contribution is -2.31. The van der Waals surface area contributed by atoms with E-state index in [9.17, 15) is 21.9 Å². The van der Waals surface area contributed by atoms with Gasteiger partial charge in [0.15, 0.2) is 9.84 Å². The number of benzene rings is 1. The molecule has 22 heavy (non-hydrogen) atoms. The number of aliphatic hydroxyl groups is 1. The zero-order valence-corrected chi connectivity index (χ0v) is 13.8. The smallest absolute Gasteiger partial charge is 0.240 e. The van der Waals surface area contributed by atoms with Crippen molar-refractivity contribution in [2.45, 2.75) is 30.4 Å². The molecule has 1 aliphatic rings. The molecule has 0 atom stereocenters. The maximum absolute atomic E-state index is 11.7. The van der Waals surface area contributed by atoms with Crippen molar-refractivity contribution in [3.8, 4) is 5.75 Å². The Morgan fingerprint density at radius 2 is 1.95 bits per heavy atom. The molecule has 1 fully saturated rings. The fourth-order valence-corrected chi connectivity index (χ4v) is 4.47. The van der Waals surface area contributed by atoms with E-state index in [-0.39, 0.29) is 29.1 Å². The molecule has 7 nitrogen and oxygen atoms in total. The predicted octanol–water partition coefficient (Wildman–Crippen LogP) is 0.0430. The van der Waals surface area contributed by atoms with Crippen molar-refractivity contribution in [1.29, 1.82) is 0 Å². The molecule has 124 valence electrons. The molecule has 0 aromatic heterocycles. The minimum atomic E-state index is -3.59. The van der Waals surface area contributed by atoms with Crippen LogP contribution < -0.4 is 9.46 Å². The van der Waals surface area contributed by atoms with E-state index in [1.165, 1.54) is 25.2 Å². The second-order valence-corrected chi connectivity index (χ2v) is 9.29. The van der Waals surface area contributed by atoms with E-state index in [2.05, 4.69) is 4.72 Å². The van der Waals surface area contributed by atoms with Crippen LogP contribution in [0.15, 0.2) is 23.1 Å². The fourth-order valence-electron chi connectivity index (χ4n) is 2.25. The summed E-state index contributed by atoms with van der Waals surface area (Å²) in [6, 6.07) is 4.22. The van der Waals surface area contributed by atoms with Crippen LogP contribution in [-0.4, -0.2) is 46.6 Å². The number of sulfone groups is 1. The minimum absolute atomic E-state index is 0.0395. The molecule has 0 spiro atoms. The van der Waals surface area contributed by atoms with E-state index < -0.39 is 19.9 Å². The molecule has 9 heteroatoms. The molecule has 2 N–H and O–H groups in total. The summed E-state index contributed by atoms with van der Waals surface area (Å²) < 4.78 is 54.2. The lowest BCUT2D eigenvalue weighted by Gasteiger charge is -2.24. The molecule has 2 rings (SSSR count). The standard InChI is InChI=1S/C13H19NO6S2/c1-14-22(18,19)12-2-3-13(10(8-12)9-15)20-11-4-6-21(16,17)7-5-11/h2-3,8,11,14-15H,4-7,9H2,1H3. The number of sulfonamides is 1. The second kappa shape index (κ2) is 6.53. The van der Waals surface area contributed by atoms with Crippen LogP contribution in [0.5, 0.6) is 5.75 Å². The first kappa shape index (κ1) is 17.2. The van der Waals surface area contributed by atoms with E-state index in [1.807, 2.05) is 0 Å². The zero-order valence-electron chi connectivity index (χ0n) is 12.1. The van der Waals surface area contributed by atoms with E-state index >= 15 is 0 Å². The quantitative estimate of drug-likeness (QED) is 0.777. The number of ether oxygens (including phenoxy) is 1. The van der Waals surface area contributed by atoms with Crippen molar-refractivity contribution in [3.05, 3.63) is 23.8 Å². The highest BCUT2D eigenvalue weighted by molar-refractivity contribution is 7.91. The highest BCUT2D eigenvalue weighted by Crippen LogP contribution is 2.26. The highest BCUT2D eigenvalue weighted by atomic mass is 32.2. The summed E-state index contributed by atoms with van der Waals surface area (Å²) in [4.78, 5) is 0.0395. The predicted molar refractivity (Wildman–Crippen MR) is 80.9 cm³/mol. The van der Waals surface area contributed by atoms with Gasteiger partial charge < -0.3 is 9.84 Å². The Morgan fingerprint density at radius 3 is 2.50 bits per heavy atom. The van der Waals surface area contributed by atoms with Gasteiger partial charge in [-0.15, -0.1) is 0 Å².